The third-order valence-electron chi connectivity index (χ3n) is 6.22. The number of fused-ring (bicyclic) bond motifs is 3. The van der Waals surface area contributed by atoms with Gasteiger partial charge in [-0.05, 0) is 32.6 Å². The van der Waals surface area contributed by atoms with E-state index in [4.69, 9.17) is 10.2 Å². The van der Waals surface area contributed by atoms with Crippen molar-refractivity contribution in [3.8, 4) is 6.07 Å². The number of nitrogens with zero attached hydrogens (tertiary/aromatic N) is 7. The minimum absolute atomic E-state index is 0.322. The normalized spacial score (nSPS) is 23.6. The van der Waals surface area contributed by atoms with Gasteiger partial charge < -0.3 is 15.2 Å². The lowest BCUT2D eigenvalue weighted by Gasteiger charge is -2.38. The Bertz CT molecular complexity index is 1080. The van der Waals surface area contributed by atoms with Gasteiger partial charge in [-0.3, -0.25) is 10.00 Å². The zero-order valence-corrected chi connectivity index (χ0v) is 17.3. The molecule has 2 bridgehead atoms. The summed E-state index contributed by atoms with van der Waals surface area (Å²) in [6.07, 6.45) is 6.86. The van der Waals surface area contributed by atoms with E-state index in [0.29, 0.717) is 47.8 Å². The second-order valence-electron chi connectivity index (χ2n) is 8.33. The largest absolute Gasteiger partial charge is 0.351 e. The fourth-order valence-corrected chi connectivity index (χ4v) is 4.93. The fourth-order valence-electron chi connectivity index (χ4n) is 4.93. The van der Waals surface area contributed by atoms with Crippen LogP contribution in [0.2, 0.25) is 0 Å². The lowest BCUT2D eigenvalue weighted by atomic mass is 9.97. The van der Waals surface area contributed by atoms with E-state index in [0.717, 1.165) is 30.6 Å². The van der Waals surface area contributed by atoms with Crippen LogP contribution in [0.1, 0.15) is 37.8 Å². The molecule has 2 aliphatic rings. The van der Waals surface area contributed by atoms with E-state index in [1.54, 1.807) is 6.33 Å². The summed E-state index contributed by atoms with van der Waals surface area (Å²) in [5.74, 6) is 1.98. The molecule has 5 rings (SSSR count). The zero-order valence-electron chi connectivity index (χ0n) is 17.3. The van der Waals surface area contributed by atoms with Crippen molar-refractivity contribution in [1.82, 2.24) is 34.6 Å². The minimum atomic E-state index is 0.322. The number of hydrogen-bond donors (Lipinski definition) is 3. The molecule has 3 atom stereocenters. The summed E-state index contributed by atoms with van der Waals surface area (Å²) in [5.41, 5.74) is 2.47. The van der Waals surface area contributed by atoms with Crippen molar-refractivity contribution in [1.29, 1.82) is 5.26 Å². The first-order valence-corrected chi connectivity index (χ1v) is 10.5. The molecule has 2 aliphatic heterocycles. The van der Waals surface area contributed by atoms with Crippen LogP contribution in [0.4, 0.5) is 17.6 Å². The van der Waals surface area contributed by atoms with Crippen molar-refractivity contribution in [3.63, 3.8) is 0 Å². The van der Waals surface area contributed by atoms with Gasteiger partial charge in [0.15, 0.2) is 17.3 Å². The number of nitriles is 1. The third kappa shape index (κ3) is 3.45. The molecule has 3 aromatic heterocycles. The van der Waals surface area contributed by atoms with Crippen molar-refractivity contribution in [3.05, 3.63) is 18.1 Å². The minimum Gasteiger partial charge on any atom is -0.351 e. The Labute approximate surface area is 174 Å². The monoisotopic (exact) mass is 406 g/mol. The summed E-state index contributed by atoms with van der Waals surface area (Å²) in [7, 11) is 1.93. The average molecular weight is 406 g/mol. The lowest BCUT2D eigenvalue weighted by Crippen LogP contribution is -2.47. The smallest absolute Gasteiger partial charge is 0.227 e. The van der Waals surface area contributed by atoms with E-state index in [1.807, 2.05) is 24.6 Å². The van der Waals surface area contributed by atoms with Gasteiger partial charge >= 0.3 is 0 Å². The highest BCUT2D eigenvalue weighted by molar-refractivity contribution is 5.86. The van der Waals surface area contributed by atoms with E-state index >= 15 is 0 Å². The standard InChI is InChI=1S/C20H26N10/c1-12-8-16(28-27-12)24-19-17-18(22-11-29(17)2)25-20(26-19)23-13-9-14-4-5-15(10-13)30(14)7-3-6-21/h8,11,13-15H,3-5,7,9-10H2,1-2H3,(H3,23,24,25,26,27,28)/t13?,14-,15?/m0/s1. The van der Waals surface area contributed by atoms with E-state index < -0.39 is 0 Å². The summed E-state index contributed by atoms with van der Waals surface area (Å²) in [6.45, 7) is 2.84. The van der Waals surface area contributed by atoms with Gasteiger partial charge in [0.25, 0.3) is 0 Å². The zero-order chi connectivity index (χ0) is 20.7. The van der Waals surface area contributed by atoms with Gasteiger partial charge in [0.05, 0.1) is 12.4 Å². The highest BCUT2D eigenvalue weighted by atomic mass is 15.3. The molecule has 156 valence electrons. The molecule has 0 spiro atoms. The number of rotatable bonds is 6. The second kappa shape index (κ2) is 7.57. The van der Waals surface area contributed by atoms with Gasteiger partial charge in [-0.25, -0.2) is 4.98 Å². The van der Waals surface area contributed by atoms with Crippen LogP contribution in [0.3, 0.4) is 0 Å². The number of nitrogens with one attached hydrogen (secondary N) is 3. The summed E-state index contributed by atoms with van der Waals surface area (Å²) >= 11 is 0. The van der Waals surface area contributed by atoms with Crippen LogP contribution in [0, 0.1) is 18.3 Å². The topological polar surface area (TPSA) is 123 Å². The van der Waals surface area contributed by atoms with Gasteiger partial charge in [0.2, 0.25) is 5.95 Å². The van der Waals surface area contributed by atoms with Crippen molar-refractivity contribution < 1.29 is 0 Å². The van der Waals surface area contributed by atoms with E-state index in [1.165, 1.54) is 12.8 Å². The maximum atomic E-state index is 8.93. The molecule has 0 aliphatic carbocycles. The first-order valence-electron chi connectivity index (χ1n) is 10.5. The molecule has 2 fully saturated rings. The van der Waals surface area contributed by atoms with E-state index in [2.05, 4.69) is 41.8 Å². The Kier molecular flexibility index (Phi) is 4.75. The van der Waals surface area contributed by atoms with Gasteiger partial charge in [0.1, 0.15) is 5.52 Å². The Balaban J connectivity index is 1.37. The van der Waals surface area contributed by atoms with Crippen LogP contribution in [-0.2, 0) is 7.05 Å². The molecule has 3 N–H and O–H groups in total. The van der Waals surface area contributed by atoms with E-state index in [-0.39, 0.29) is 0 Å². The number of aromatic nitrogens is 6. The van der Waals surface area contributed by atoms with Gasteiger partial charge in [-0.1, -0.05) is 0 Å². The summed E-state index contributed by atoms with van der Waals surface area (Å²) in [4.78, 5) is 16.4. The highest BCUT2D eigenvalue weighted by Gasteiger charge is 2.40. The van der Waals surface area contributed by atoms with Crippen molar-refractivity contribution >= 4 is 28.7 Å². The molecule has 2 unspecified atom stereocenters. The predicted octanol–water partition coefficient (Wildman–Crippen LogP) is 2.46. The molecular formula is C20H26N10. The first-order chi connectivity index (χ1) is 14.6. The highest BCUT2D eigenvalue weighted by Crippen LogP contribution is 2.36. The first kappa shape index (κ1) is 18.8. The number of aromatic amines is 1. The third-order valence-corrected chi connectivity index (χ3v) is 6.22. The van der Waals surface area contributed by atoms with Crippen LogP contribution >= 0.6 is 0 Å². The molecule has 5 heterocycles. The van der Waals surface area contributed by atoms with Gasteiger partial charge in [0, 0.05) is 49.9 Å². The number of anilines is 3. The maximum Gasteiger partial charge on any atom is 0.227 e. The van der Waals surface area contributed by atoms with Crippen LogP contribution in [0.25, 0.3) is 11.2 Å². The van der Waals surface area contributed by atoms with Crippen LogP contribution in [-0.4, -0.2) is 59.3 Å². The summed E-state index contributed by atoms with van der Waals surface area (Å²) < 4.78 is 1.91. The number of hydrogen-bond acceptors (Lipinski definition) is 8. The molecular weight excluding hydrogens is 380 g/mol. The molecule has 3 aromatic rings. The average Bonchev–Trinajstić information content (AvgIpc) is 3.36. The Morgan fingerprint density at radius 2 is 2.07 bits per heavy atom. The maximum absolute atomic E-state index is 8.93. The number of piperidine rings is 1. The summed E-state index contributed by atoms with van der Waals surface area (Å²) in [6, 6.07) is 5.62. The molecule has 0 aromatic carbocycles. The van der Waals surface area contributed by atoms with Gasteiger partial charge in [-0.2, -0.15) is 20.3 Å². The molecule has 0 amide bonds. The molecule has 0 radical (unpaired) electrons. The Hall–Kier alpha value is -3.19. The quantitative estimate of drug-likeness (QED) is 0.570. The fraction of sp³-hybridized carbons (Fsp3) is 0.550. The number of H-pyrrole nitrogens is 1. The van der Waals surface area contributed by atoms with Crippen LogP contribution in [0.15, 0.2) is 12.4 Å². The van der Waals surface area contributed by atoms with Crippen molar-refractivity contribution in [2.45, 2.75) is 57.2 Å². The van der Waals surface area contributed by atoms with Gasteiger partial charge in [-0.15, -0.1) is 0 Å². The molecule has 0 saturated carbocycles. The Morgan fingerprint density at radius 1 is 1.27 bits per heavy atom. The molecule has 2 saturated heterocycles. The molecule has 30 heavy (non-hydrogen) atoms. The SMILES string of the molecule is Cc1cc(Nc2nc(NC3CC4CC[C@@H](C3)N4CCC#N)nc3ncn(C)c23)n[nH]1. The van der Waals surface area contributed by atoms with Crippen molar-refractivity contribution in [2.24, 2.45) is 7.05 Å². The number of imidazole rings is 1. The summed E-state index contributed by atoms with van der Waals surface area (Å²) in [5, 5.41) is 23.0. The number of aryl methyl sites for hydroxylation is 2. The Morgan fingerprint density at radius 3 is 2.77 bits per heavy atom. The van der Waals surface area contributed by atoms with Crippen molar-refractivity contribution in [2.75, 3.05) is 17.2 Å². The molecule has 10 nitrogen and oxygen atoms in total. The second-order valence-corrected chi connectivity index (χ2v) is 8.33. The van der Waals surface area contributed by atoms with E-state index in [9.17, 15) is 0 Å². The predicted molar refractivity (Wildman–Crippen MR) is 113 cm³/mol. The van der Waals surface area contributed by atoms with Crippen LogP contribution < -0.4 is 10.6 Å². The van der Waals surface area contributed by atoms with Crippen LogP contribution in [0.5, 0.6) is 0 Å². The molecule has 10 heteroatoms. The lowest BCUT2D eigenvalue weighted by molar-refractivity contribution is 0.135.